The first-order chi connectivity index (χ1) is 7.99. The van der Waals surface area contributed by atoms with E-state index in [1.54, 1.807) is 0 Å². The maximum atomic E-state index is 12.2. The fraction of sp³-hybridized carbons (Fsp3) is 0.333. The van der Waals surface area contributed by atoms with Crippen LogP contribution in [0.2, 0.25) is 0 Å². The van der Waals surface area contributed by atoms with Crippen LogP contribution >= 0.6 is 0 Å². The second-order valence-corrected chi connectivity index (χ2v) is 5.34. The third kappa shape index (κ3) is 4.08. The molecule has 0 aromatic heterocycles. The van der Waals surface area contributed by atoms with Gasteiger partial charge in [-0.2, -0.15) is 13.2 Å². The van der Waals surface area contributed by atoms with E-state index in [-0.39, 0.29) is 16.3 Å². The van der Waals surface area contributed by atoms with Crippen molar-refractivity contribution in [2.24, 2.45) is 5.14 Å². The van der Waals surface area contributed by atoms with Gasteiger partial charge in [0.1, 0.15) is 6.54 Å². The molecular formula is C9H12F3N3O2S. The summed E-state index contributed by atoms with van der Waals surface area (Å²) in [6, 6.07) is 3.36. The van der Waals surface area contributed by atoms with Gasteiger partial charge in [-0.3, -0.25) is 0 Å². The second-order valence-electron chi connectivity index (χ2n) is 3.78. The molecule has 0 fully saturated rings. The predicted molar refractivity (Wildman–Crippen MR) is 61.6 cm³/mol. The van der Waals surface area contributed by atoms with Crippen molar-refractivity contribution < 1.29 is 21.6 Å². The number of anilines is 2. The number of nitrogens with two attached hydrogens (primary N) is 2. The first-order valence-corrected chi connectivity index (χ1v) is 6.25. The van der Waals surface area contributed by atoms with Gasteiger partial charge in [-0.1, -0.05) is 0 Å². The highest BCUT2D eigenvalue weighted by molar-refractivity contribution is 7.89. The van der Waals surface area contributed by atoms with Crippen molar-refractivity contribution in [1.82, 2.24) is 0 Å². The molecule has 0 aliphatic carbocycles. The molecule has 4 N–H and O–H groups in total. The van der Waals surface area contributed by atoms with Crippen molar-refractivity contribution >= 4 is 21.4 Å². The molecule has 1 aromatic rings. The molecular weight excluding hydrogens is 271 g/mol. The smallest absolute Gasteiger partial charge is 0.399 e. The van der Waals surface area contributed by atoms with Gasteiger partial charge >= 0.3 is 6.18 Å². The number of primary sulfonamides is 1. The Balaban J connectivity index is 3.15. The zero-order valence-corrected chi connectivity index (χ0v) is 10.2. The van der Waals surface area contributed by atoms with E-state index in [1.165, 1.54) is 13.1 Å². The molecule has 0 radical (unpaired) electrons. The third-order valence-corrected chi connectivity index (χ3v) is 2.99. The highest BCUT2D eigenvalue weighted by Crippen LogP contribution is 2.25. The van der Waals surface area contributed by atoms with E-state index < -0.39 is 22.7 Å². The van der Waals surface area contributed by atoms with E-state index in [9.17, 15) is 21.6 Å². The minimum Gasteiger partial charge on any atom is -0.399 e. The third-order valence-electron chi connectivity index (χ3n) is 2.10. The molecule has 0 saturated heterocycles. The number of sulfonamides is 1. The number of hydrogen-bond acceptors (Lipinski definition) is 4. The SMILES string of the molecule is CN(CC(F)(F)F)c1cc(N)cc(S(N)(=O)=O)c1. The summed E-state index contributed by atoms with van der Waals surface area (Å²) in [5.74, 6) is 0. The van der Waals surface area contributed by atoms with Crippen molar-refractivity contribution in [1.29, 1.82) is 0 Å². The number of halogens is 3. The van der Waals surface area contributed by atoms with Crippen LogP contribution in [0.5, 0.6) is 0 Å². The average molecular weight is 283 g/mol. The monoisotopic (exact) mass is 283 g/mol. The highest BCUT2D eigenvalue weighted by atomic mass is 32.2. The van der Waals surface area contributed by atoms with Gasteiger partial charge in [-0.05, 0) is 18.2 Å². The van der Waals surface area contributed by atoms with Crippen molar-refractivity contribution in [2.75, 3.05) is 24.2 Å². The molecule has 102 valence electrons. The second kappa shape index (κ2) is 4.65. The molecule has 0 saturated carbocycles. The molecule has 0 amide bonds. The molecule has 1 rings (SSSR count). The Bertz CT molecular complexity index is 542. The molecule has 0 spiro atoms. The summed E-state index contributed by atoms with van der Waals surface area (Å²) in [7, 11) is -2.84. The maximum absolute atomic E-state index is 12.2. The van der Waals surface area contributed by atoms with Crippen LogP contribution < -0.4 is 15.8 Å². The van der Waals surface area contributed by atoms with Gasteiger partial charge in [0.05, 0.1) is 4.90 Å². The molecule has 0 bridgehead atoms. The van der Waals surface area contributed by atoms with Gasteiger partial charge in [0.2, 0.25) is 10.0 Å². The molecule has 0 aliphatic heterocycles. The zero-order chi connectivity index (χ0) is 14.1. The van der Waals surface area contributed by atoms with Crippen molar-refractivity contribution in [3.63, 3.8) is 0 Å². The predicted octanol–water partition coefficient (Wildman–Crippen LogP) is 0.915. The Labute approximate surface area is 102 Å². The quantitative estimate of drug-likeness (QED) is 0.807. The van der Waals surface area contributed by atoms with Gasteiger partial charge in [0, 0.05) is 18.4 Å². The van der Waals surface area contributed by atoms with Gasteiger partial charge < -0.3 is 10.6 Å². The van der Waals surface area contributed by atoms with E-state index in [0.717, 1.165) is 17.0 Å². The molecule has 5 nitrogen and oxygen atoms in total. The summed E-state index contributed by atoms with van der Waals surface area (Å²) >= 11 is 0. The summed E-state index contributed by atoms with van der Waals surface area (Å²) in [5.41, 5.74) is 5.47. The zero-order valence-electron chi connectivity index (χ0n) is 9.40. The highest BCUT2D eigenvalue weighted by Gasteiger charge is 2.29. The van der Waals surface area contributed by atoms with Crippen LogP contribution in [0.1, 0.15) is 0 Å². The fourth-order valence-corrected chi connectivity index (χ4v) is 1.94. The molecule has 1 aromatic carbocycles. The largest absolute Gasteiger partial charge is 0.405 e. The van der Waals surface area contributed by atoms with Gasteiger partial charge in [0.15, 0.2) is 0 Å². The Morgan fingerprint density at radius 1 is 1.28 bits per heavy atom. The molecule has 9 heteroatoms. The van der Waals surface area contributed by atoms with Crippen LogP contribution in [0, 0.1) is 0 Å². The van der Waals surface area contributed by atoms with Crippen molar-refractivity contribution in [3.05, 3.63) is 18.2 Å². The van der Waals surface area contributed by atoms with Crippen molar-refractivity contribution in [2.45, 2.75) is 11.1 Å². The van der Waals surface area contributed by atoms with Gasteiger partial charge in [0.25, 0.3) is 0 Å². The molecule has 0 aliphatic rings. The summed E-state index contributed by atoms with van der Waals surface area (Å²) in [6.07, 6.45) is -4.40. The van der Waals surface area contributed by atoms with E-state index >= 15 is 0 Å². The Kier molecular flexibility index (Phi) is 3.77. The molecule has 0 unspecified atom stereocenters. The minimum absolute atomic E-state index is 0.0190. The van der Waals surface area contributed by atoms with Crippen LogP contribution in [-0.4, -0.2) is 28.2 Å². The lowest BCUT2D eigenvalue weighted by molar-refractivity contribution is -0.119. The van der Waals surface area contributed by atoms with Crippen molar-refractivity contribution in [3.8, 4) is 0 Å². The molecule has 0 atom stereocenters. The Morgan fingerprint density at radius 2 is 1.83 bits per heavy atom. The standard InChI is InChI=1S/C9H12F3N3O2S/c1-15(5-9(10,11)12)7-2-6(13)3-8(4-7)18(14,16)17/h2-4H,5,13H2,1H3,(H2,14,16,17). The number of nitrogen functional groups attached to an aromatic ring is 1. The summed E-state index contributed by atoms with van der Waals surface area (Å²) in [5, 5.41) is 4.90. The number of hydrogen-bond donors (Lipinski definition) is 2. The van der Waals surface area contributed by atoms with Crippen LogP contribution in [0.4, 0.5) is 24.5 Å². The Morgan fingerprint density at radius 3 is 2.28 bits per heavy atom. The average Bonchev–Trinajstić information content (AvgIpc) is 2.12. The first kappa shape index (κ1) is 14.6. The van der Waals surface area contributed by atoms with E-state index in [0.29, 0.717) is 0 Å². The van der Waals surface area contributed by atoms with Crippen LogP contribution in [0.3, 0.4) is 0 Å². The lowest BCUT2D eigenvalue weighted by Crippen LogP contribution is -2.31. The molecule has 18 heavy (non-hydrogen) atoms. The maximum Gasteiger partial charge on any atom is 0.405 e. The van der Waals surface area contributed by atoms with Crippen LogP contribution in [0.25, 0.3) is 0 Å². The summed E-state index contributed by atoms with van der Waals surface area (Å²) < 4.78 is 58.9. The minimum atomic E-state index is -4.40. The topological polar surface area (TPSA) is 89.4 Å². The summed E-state index contributed by atoms with van der Waals surface area (Å²) in [6.45, 7) is -1.22. The number of nitrogens with zero attached hydrogens (tertiary/aromatic N) is 1. The van der Waals surface area contributed by atoms with Gasteiger partial charge in [-0.25, -0.2) is 13.6 Å². The van der Waals surface area contributed by atoms with E-state index in [2.05, 4.69) is 0 Å². The number of benzene rings is 1. The van der Waals surface area contributed by atoms with Crippen LogP contribution in [0.15, 0.2) is 23.1 Å². The van der Waals surface area contributed by atoms with Crippen LogP contribution in [-0.2, 0) is 10.0 Å². The number of alkyl halides is 3. The number of rotatable bonds is 3. The Hall–Kier alpha value is -1.48. The lowest BCUT2D eigenvalue weighted by atomic mass is 10.2. The normalized spacial score (nSPS) is 12.5. The fourth-order valence-electron chi connectivity index (χ4n) is 1.35. The summed E-state index contributed by atoms with van der Waals surface area (Å²) in [4.78, 5) is 0.511. The van der Waals surface area contributed by atoms with Gasteiger partial charge in [-0.15, -0.1) is 0 Å². The molecule has 0 heterocycles. The van der Waals surface area contributed by atoms with E-state index in [1.807, 2.05) is 0 Å². The van der Waals surface area contributed by atoms with E-state index in [4.69, 9.17) is 10.9 Å². The first-order valence-electron chi connectivity index (χ1n) is 4.70. The lowest BCUT2D eigenvalue weighted by Gasteiger charge is -2.21.